The molecule has 0 bridgehead atoms. The summed E-state index contributed by atoms with van der Waals surface area (Å²) in [5.41, 5.74) is 0. The number of rotatable bonds is 6. The molecule has 3 nitrogen and oxygen atoms in total. The van der Waals surface area contributed by atoms with E-state index in [1.807, 2.05) is 6.92 Å². The van der Waals surface area contributed by atoms with Crippen LogP contribution in [0.15, 0.2) is 0 Å². The minimum Gasteiger partial charge on any atom is -0.466 e. The maximum atomic E-state index is 11.1. The summed E-state index contributed by atoms with van der Waals surface area (Å²) in [6.07, 6.45) is 6.74. The van der Waals surface area contributed by atoms with Gasteiger partial charge in [-0.1, -0.05) is 19.8 Å². The summed E-state index contributed by atoms with van der Waals surface area (Å²) >= 11 is 0. The van der Waals surface area contributed by atoms with Crippen molar-refractivity contribution in [2.45, 2.75) is 58.4 Å². The van der Waals surface area contributed by atoms with Gasteiger partial charge in [-0.25, -0.2) is 0 Å². The summed E-state index contributed by atoms with van der Waals surface area (Å²) in [6, 6.07) is 0.672. The molecule has 0 aliphatic heterocycles. The van der Waals surface area contributed by atoms with Crippen LogP contribution in [0.2, 0.25) is 0 Å². The summed E-state index contributed by atoms with van der Waals surface area (Å²) in [5, 5.41) is 3.54. The maximum Gasteiger partial charge on any atom is 0.305 e. The Labute approximate surface area is 98.9 Å². The van der Waals surface area contributed by atoms with E-state index in [1.165, 1.54) is 25.7 Å². The lowest BCUT2D eigenvalue weighted by atomic mass is 9.87. The van der Waals surface area contributed by atoms with Crippen LogP contribution in [0.25, 0.3) is 0 Å². The topological polar surface area (TPSA) is 38.3 Å². The number of carbonyl (C=O) groups excluding carboxylic acids is 1. The normalized spacial score (nSPS) is 25.4. The van der Waals surface area contributed by atoms with Crippen molar-refractivity contribution in [1.29, 1.82) is 0 Å². The molecule has 0 aromatic heterocycles. The molecule has 16 heavy (non-hydrogen) atoms. The van der Waals surface area contributed by atoms with E-state index in [4.69, 9.17) is 4.74 Å². The van der Waals surface area contributed by atoms with E-state index in [-0.39, 0.29) is 5.97 Å². The van der Waals surface area contributed by atoms with Gasteiger partial charge in [-0.05, 0) is 38.6 Å². The monoisotopic (exact) mass is 227 g/mol. The minimum atomic E-state index is -0.0682. The Morgan fingerprint density at radius 3 is 2.94 bits per heavy atom. The van der Waals surface area contributed by atoms with Crippen LogP contribution in [-0.2, 0) is 9.53 Å². The van der Waals surface area contributed by atoms with Crippen LogP contribution in [0.1, 0.15) is 52.4 Å². The molecule has 1 fully saturated rings. The molecule has 1 N–H and O–H groups in total. The Morgan fingerprint density at radius 1 is 1.44 bits per heavy atom. The third kappa shape index (κ3) is 5.50. The van der Waals surface area contributed by atoms with E-state index in [0.29, 0.717) is 19.1 Å². The summed E-state index contributed by atoms with van der Waals surface area (Å²) in [7, 11) is 0. The predicted molar refractivity (Wildman–Crippen MR) is 65.3 cm³/mol. The highest BCUT2D eigenvalue weighted by atomic mass is 16.5. The molecule has 0 saturated heterocycles. The van der Waals surface area contributed by atoms with Crippen LogP contribution in [0, 0.1) is 5.92 Å². The van der Waals surface area contributed by atoms with Gasteiger partial charge in [0, 0.05) is 12.5 Å². The van der Waals surface area contributed by atoms with Gasteiger partial charge in [0.15, 0.2) is 0 Å². The van der Waals surface area contributed by atoms with Gasteiger partial charge >= 0.3 is 5.97 Å². The van der Waals surface area contributed by atoms with Crippen LogP contribution < -0.4 is 5.32 Å². The second kappa shape index (κ2) is 7.66. The maximum absolute atomic E-state index is 11.1. The first kappa shape index (κ1) is 13.5. The molecule has 0 heterocycles. The van der Waals surface area contributed by atoms with Crippen molar-refractivity contribution in [3.63, 3.8) is 0 Å². The largest absolute Gasteiger partial charge is 0.466 e. The zero-order valence-corrected chi connectivity index (χ0v) is 10.6. The Balaban J connectivity index is 2.00. The molecular weight excluding hydrogens is 202 g/mol. The molecular formula is C13H25NO2. The van der Waals surface area contributed by atoms with Gasteiger partial charge in [0.1, 0.15) is 0 Å². The molecule has 0 aromatic rings. The van der Waals surface area contributed by atoms with Gasteiger partial charge in [0.25, 0.3) is 0 Å². The highest BCUT2D eigenvalue weighted by molar-refractivity contribution is 5.69. The van der Waals surface area contributed by atoms with Gasteiger partial charge in [-0.15, -0.1) is 0 Å². The van der Waals surface area contributed by atoms with Crippen LogP contribution in [0.5, 0.6) is 0 Å². The number of ether oxygens (including phenoxy) is 1. The van der Waals surface area contributed by atoms with Crippen molar-refractivity contribution in [2.75, 3.05) is 13.2 Å². The highest BCUT2D eigenvalue weighted by Crippen LogP contribution is 2.23. The molecule has 0 amide bonds. The molecule has 0 aromatic carbocycles. The van der Waals surface area contributed by atoms with E-state index < -0.39 is 0 Å². The third-order valence-electron chi connectivity index (χ3n) is 3.23. The Hall–Kier alpha value is -0.570. The molecule has 1 aliphatic rings. The van der Waals surface area contributed by atoms with Gasteiger partial charge < -0.3 is 10.1 Å². The average Bonchev–Trinajstić information content (AvgIpc) is 2.25. The minimum absolute atomic E-state index is 0.0682. The van der Waals surface area contributed by atoms with Crippen LogP contribution >= 0.6 is 0 Å². The van der Waals surface area contributed by atoms with Crippen molar-refractivity contribution >= 4 is 5.97 Å². The Kier molecular flexibility index (Phi) is 6.46. The number of carbonyl (C=O) groups is 1. The van der Waals surface area contributed by atoms with Gasteiger partial charge in [-0.3, -0.25) is 4.79 Å². The molecule has 1 aliphatic carbocycles. The molecule has 1 rings (SSSR count). The van der Waals surface area contributed by atoms with Crippen molar-refractivity contribution < 1.29 is 9.53 Å². The lowest BCUT2D eigenvalue weighted by molar-refractivity contribution is -0.143. The van der Waals surface area contributed by atoms with Crippen molar-refractivity contribution in [1.82, 2.24) is 5.32 Å². The van der Waals surface area contributed by atoms with E-state index in [2.05, 4.69) is 12.2 Å². The summed E-state index contributed by atoms with van der Waals surface area (Å²) in [4.78, 5) is 11.1. The van der Waals surface area contributed by atoms with E-state index in [9.17, 15) is 4.79 Å². The summed E-state index contributed by atoms with van der Waals surface area (Å²) < 4.78 is 4.88. The number of hydrogen-bond acceptors (Lipinski definition) is 3. The summed E-state index contributed by atoms with van der Waals surface area (Å²) in [5.74, 6) is 0.789. The average molecular weight is 227 g/mol. The third-order valence-corrected chi connectivity index (χ3v) is 3.23. The standard InChI is InChI=1S/C13H25NO2/c1-3-16-13(15)8-5-9-14-12-7-4-6-11(2)10-12/h11-12,14H,3-10H2,1-2H3. The van der Waals surface area contributed by atoms with E-state index >= 15 is 0 Å². The fraction of sp³-hybridized carbons (Fsp3) is 0.923. The lowest BCUT2D eigenvalue weighted by Crippen LogP contribution is -2.34. The number of hydrogen-bond donors (Lipinski definition) is 1. The predicted octanol–water partition coefficient (Wildman–Crippen LogP) is 2.50. The highest BCUT2D eigenvalue weighted by Gasteiger charge is 2.17. The van der Waals surface area contributed by atoms with Crippen molar-refractivity contribution in [2.24, 2.45) is 5.92 Å². The summed E-state index contributed by atoms with van der Waals surface area (Å²) in [6.45, 7) is 5.61. The van der Waals surface area contributed by atoms with Gasteiger partial charge in [-0.2, -0.15) is 0 Å². The van der Waals surface area contributed by atoms with Gasteiger partial charge in [0.2, 0.25) is 0 Å². The molecule has 0 spiro atoms. The first-order valence-corrected chi connectivity index (χ1v) is 6.61. The van der Waals surface area contributed by atoms with E-state index in [1.54, 1.807) is 0 Å². The zero-order valence-electron chi connectivity index (χ0n) is 10.6. The molecule has 2 unspecified atom stereocenters. The first-order chi connectivity index (χ1) is 7.72. The molecule has 0 radical (unpaired) electrons. The first-order valence-electron chi connectivity index (χ1n) is 6.61. The Bertz CT molecular complexity index is 206. The number of esters is 1. The molecule has 3 heteroatoms. The Morgan fingerprint density at radius 2 is 2.25 bits per heavy atom. The molecule has 94 valence electrons. The fourth-order valence-corrected chi connectivity index (χ4v) is 2.39. The van der Waals surface area contributed by atoms with Crippen LogP contribution in [-0.4, -0.2) is 25.2 Å². The fourth-order valence-electron chi connectivity index (χ4n) is 2.39. The van der Waals surface area contributed by atoms with Crippen LogP contribution in [0.4, 0.5) is 0 Å². The van der Waals surface area contributed by atoms with Crippen molar-refractivity contribution in [3.05, 3.63) is 0 Å². The quantitative estimate of drug-likeness (QED) is 0.559. The molecule has 2 atom stereocenters. The second-order valence-electron chi connectivity index (χ2n) is 4.83. The van der Waals surface area contributed by atoms with Crippen LogP contribution in [0.3, 0.4) is 0 Å². The lowest BCUT2D eigenvalue weighted by Gasteiger charge is -2.27. The molecule has 1 saturated carbocycles. The van der Waals surface area contributed by atoms with Crippen molar-refractivity contribution in [3.8, 4) is 0 Å². The second-order valence-corrected chi connectivity index (χ2v) is 4.83. The SMILES string of the molecule is CCOC(=O)CCCNC1CCCC(C)C1. The smallest absolute Gasteiger partial charge is 0.305 e. The number of nitrogens with one attached hydrogen (secondary N) is 1. The zero-order chi connectivity index (χ0) is 11.8. The van der Waals surface area contributed by atoms with E-state index in [0.717, 1.165) is 18.9 Å². The van der Waals surface area contributed by atoms with Gasteiger partial charge in [0.05, 0.1) is 6.61 Å².